The SMILES string of the molecule is COCCn1c(-c2cc(N)ccc2Cl)nc2ccccc21. The Morgan fingerprint density at radius 3 is 2.86 bits per heavy atom. The van der Waals surface area contributed by atoms with E-state index in [0.717, 1.165) is 22.4 Å². The molecule has 0 aliphatic heterocycles. The maximum Gasteiger partial charge on any atom is 0.142 e. The lowest BCUT2D eigenvalue weighted by atomic mass is 10.2. The minimum atomic E-state index is 0.604. The molecule has 0 saturated heterocycles. The molecule has 3 rings (SSSR count). The number of rotatable bonds is 4. The first-order valence-electron chi connectivity index (χ1n) is 6.70. The number of nitrogen functional groups attached to an aromatic ring is 1. The summed E-state index contributed by atoms with van der Waals surface area (Å²) in [5.41, 5.74) is 9.38. The van der Waals surface area contributed by atoms with Crippen molar-refractivity contribution in [3.8, 4) is 11.4 Å². The second kappa shape index (κ2) is 5.76. The zero-order valence-corrected chi connectivity index (χ0v) is 12.5. The molecule has 108 valence electrons. The van der Waals surface area contributed by atoms with Crippen molar-refractivity contribution in [3.05, 3.63) is 47.5 Å². The molecular formula is C16H16ClN3O. The molecule has 0 bridgehead atoms. The van der Waals surface area contributed by atoms with Crippen LogP contribution in [0.4, 0.5) is 5.69 Å². The van der Waals surface area contributed by atoms with Crippen molar-refractivity contribution in [1.29, 1.82) is 0 Å². The van der Waals surface area contributed by atoms with E-state index in [9.17, 15) is 0 Å². The zero-order valence-electron chi connectivity index (χ0n) is 11.7. The third-order valence-electron chi connectivity index (χ3n) is 3.40. The number of methoxy groups -OCH3 is 1. The van der Waals surface area contributed by atoms with Gasteiger partial charge in [-0.2, -0.15) is 0 Å². The number of halogens is 1. The third kappa shape index (κ3) is 2.60. The molecule has 21 heavy (non-hydrogen) atoms. The Bertz CT molecular complexity index is 782. The van der Waals surface area contributed by atoms with Gasteiger partial charge >= 0.3 is 0 Å². The van der Waals surface area contributed by atoms with Gasteiger partial charge in [0.2, 0.25) is 0 Å². The molecule has 2 aromatic carbocycles. The second-order valence-electron chi connectivity index (χ2n) is 4.81. The number of nitrogens with two attached hydrogens (primary N) is 1. The summed E-state index contributed by atoms with van der Waals surface area (Å²) >= 11 is 6.32. The highest BCUT2D eigenvalue weighted by molar-refractivity contribution is 6.33. The predicted octanol–water partition coefficient (Wildman–Crippen LogP) is 3.59. The molecule has 0 unspecified atom stereocenters. The van der Waals surface area contributed by atoms with Gasteiger partial charge in [-0.1, -0.05) is 23.7 Å². The summed E-state index contributed by atoms with van der Waals surface area (Å²) in [5, 5.41) is 0.637. The van der Waals surface area contributed by atoms with Crippen molar-refractivity contribution in [2.24, 2.45) is 0 Å². The van der Waals surface area contributed by atoms with Crippen molar-refractivity contribution in [1.82, 2.24) is 9.55 Å². The molecule has 1 heterocycles. The standard InChI is InChI=1S/C16H16ClN3O/c1-21-9-8-20-15-5-3-2-4-14(15)19-16(20)12-10-11(18)6-7-13(12)17/h2-7,10H,8-9,18H2,1H3. The molecule has 0 radical (unpaired) electrons. The summed E-state index contributed by atoms with van der Waals surface area (Å²) in [6, 6.07) is 13.4. The number of aromatic nitrogens is 2. The minimum Gasteiger partial charge on any atom is -0.399 e. The molecule has 0 atom stereocenters. The molecule has 0 aliphatic carbocycles. The maximum absolute atomic E-state index is 6.32. The Morgan fingerprint density at radius 2 is 2.05 bits per heavy atom. The molecule has 0 aliphatic rings. The van der Waals surface area contributed by atoms with E-state index < -0.39 is 0 Å². The number of hydrogen-bond acceptors (Lipinski definition) is 3. The maximum atomic E-state index is 6.32. The van der Waals surface area contributed by atoms with Crippen LogP contribution in [0.3, 0.4) is 0 Å². The second-order valence-corrected chi connectivity index (χ2v) is 5.22. The monoisotopic (exact) mass is 301 g/mol. The quantitative estimate of drug-likeness (QED) is 0.749. The summed E-state index contributed by atoms with van der Waals surface area (Å²) in [7, 11) is 1.69. The van der Waals surface area contributed by atoms with Gasteiger partial charge in [0.1, 0.15) is 5.82 Å². The number of fused-ring (bicyclic) bond motifs is 1. The Labute approximate surface area is 128 Å². The van der Waals surface area contributed by atoms with Crippen molar-refractivity contribution >= 4 is 28.3 Å². The fourth-order valence-corrected chi connectivity index (χ4v) is 2.61. The van der Waals surface area contributed by atoms with Crippen molar-refractivity contribution < 1.29 is 4.74 Å². The lowest BCUT2D eigenvalue weighted by Crippen LogP contribution is -2.06. The van der Waals surface area contributed by atoms with Gasteiger partial charge in [0.05, 0.1) is 22.7 Å². The average molecular weight is 302 g/mol. The molecule has 2 N–H and O–H groups in total. The Kier molecular flexibility index (Phi) is 3.82. The highest BCUT2D eigenvalue weighted by atomic mass is 35.5. The summed E-state index contributed by atoms with van der Waals surface area (Å²) in [6.07, 6.45) is 0. The van der Waals surface area contributed by atoms with Crippen LogP contribution >= 0.6 is 11.6 Å². The van der Waals surface area contributed by atoms with Crippen LogP contribution in [0.25, 0.3) is 22.4 Å². The predicted molar refractivity (Wildman–Crippen MR) is 86.5 cm³/mol. The molecule has 0 spiro atoms. The van der Waals surface area contributed by atoms with Crippen LogP contribution in [0.2, 0.25) is 5.02 Å². The topological polar surface area (TPSA) is 53.1 Å². The van der Waals surface area contributed by atoms with Crippen molar-refractivity contribution in [2.45, 2.75) is 6.54 Å². The van der Waals surface area contributed by atoms with Crippen LogP contribution in [0.15, 0.2) is 42.5 Å². The van der Waals surface area contributed by atoms with Gasteiger partial charge in [0.15, 0.2) is 0 Å². The smallest absolute Gasteiger partial charge is 0.142 e. The molecule has 0 saturated carbocycles. The zero-order chi connectivity index (χ0) is 14.8. The average Bonchev–Trinajstić information content (AvgIpc) is 2.86. The van der Waals surface area contributed by atoms with Crippen LogP contribution < -0.4 is 5.73 Å². The first kappa shape index (κ1) is 13.9. The summed E-state index contributed by atoms with van der Waals surface area (Å²) < 4.78 is 7.31. The first-order chi connectivity index (χ1) is 10.2. The van der Waals surface area contributed by atoms with Crippen molar-refractivity contribution in [3.63, 3.8) is 0 Å². The molecular weight excluding hydrogens is 286 g/mol. The van der Waals surface area contributed by atoms with Gasteiger partial charge in [-0.15, -0.1) is 0 Å². The molecule has 0 fully saturated rings. The van der Waals surface area contributed by atoms with E-state index >= 15 is 0 Å². The molecule has 3 aromatic rings. The fraction of sp³-hybridized carbons (Fsp3) is 0.188. The van der Waals surface area contributed by atoms with Crippen LogP contribution in [0.1, 0.15) is 0 Å². The summed E-state index contributed by atoms with van der Waals surface area (Å²) in [6.45, 7) is 1.31. The molecule has 4 nitrogen and oxygen atoms in total. The number of para-hydroxylation sites is 2. The van der Waals surface area contributed by atoms with Crippen LogP contribution in [-0.4, -0.2) is 23.3 Å². The van der Waals surface area contributed by atoms with Gasteiger partial charge in [0.25, 0.3) is 0 Å². The van der Waals surface area contributed by atoms with Gasteiger partial charge in [-0.3, -0.25) is 0 Å². The van der Waals surface area contributed by atoms with Crippen LogP contribution in [0.5, 0.6) is 0 Å². The molecule has 0 amide bonds. The summed E-state index contributed by atoms with van der Waals surface area (Å²) in [4.78, 5) is 4.71. The van der Waals surface area contributed by atoms with E-state index in [2.05, 4.69) is 4.57 Å². The van der Waals surface area contributed by atoms with E-state index in [4.69, 9.17) is 27.1 Å². The lowest BCUT2D eigenvalue weighted by Gasteiger charge is -2.10. The Balaban J connectivity index is 2.23. The Hall–Kier alpha value is -2.04. The largest absolute Gasteiger partial charge is 0.399 e. The highest BCUT2D eigenvalue weighted by Gasteiger charge is 2.15. The number of imidazole rings is 1. The van der Waals surface area contributed by atoms with Gasteiger partial charge < -0.3 is 15.0 Å². The fourth-order valence-electron chi connectivity index (χ4n) is 2.40. The summed E-state index contributed by atoms with van der Waals surface area (Å²) in [5.74, 6) is 0.811. The van der Waals surface area contributed by atoms with E-state index in [1.165, 1.54) is 0 Å². The number of ether oxygens (including phenoxy) is 1. The third-order valence-corrected chi connectivity index (χ3v) is 3.73. The van der Waals surface area contributed by atoms with E-state index in [-0.39, 0.29) is 0 Å². The first-order valence-corrected chi connectivity index (χ1v) is 7.08. The minimum absolute atomic E-state index is 0.604. The van der Waals surface area contributed by atoms with Gasteiger partial charge in [-0.25, -0.2) is 4.98 Å². The van der Waals surface area contributed by atoms with Crippen LogP contribution in [0, 0.1) is 0 Å². The van der Waals surface area contributed by atoms with Gasteiger partial charge in [0, 0.05) is 24.9 Å². The molecule has 1 aromatic heterocycles. The van der Waals surface area contributed by atoms with E-state index in [1.54, 1.807) is 19.2 Å². The van der Waals surface area contributed by atoms with Crippen molar-refractivity contribution in [2.75, 3.05) is 19.5 Å². The number of benzene rings is 2. The highest BCUT2D eigenvalue weighted by Crippen LogP contribution is 2.31. The van der Waals surface area contributed by atoms with E-state index in [1.807, 2.05) is 30.3 Å². The molecule has 5 heteroatoms. The van der Waals surface area contributed by atoms with Crippen LogP contribution in [-0.2, 0) is 11.3 Å². The van der Waals surface area contributed by atoms with Gasteiger partial charge in [-0.05, 0) is 30.3 Å². The number of hydrogen-bond donors (Lipinski definition) is 1. The number of nitrogens with zero attached hydrogens (tertiary/aromatic N) is 2. The normalized spacial score (nSPS) is 11.1. The lowest BCUT2D eigenvalue weighted by molar-refractivity contribution is 0.188. The number of anilines is 1. The Morgan fingerprint density at radius 1 is 1.24 bits per heavy atom. The van der Waals surface area contributed by atoms with E-state index in [0.29, 0.717) is 23.9 Å².